The highest BCUT2D eigenvalue weighted by Crippen LogP contribution is 2.74. The monoisotopic (exact) mass is 514 g/mol. The molecule has 0 radical (unpaired) electrons. The highest BCUT2D eigenvalue weighted by molar-refractivity contribution is 5.85. The summed E-state index contributed by atoms with van der Waals surface area (Å²) >= 11 is 0. The summed E-state index contributed by atoms with van der Waals surface area (Å²) in [7, 11) is 0. The number of aliphatic hydroxyl groups is 2. The summed E-state index contributed by atoms with van der Waals surface area (Å²) in [5.74, 6) is 0.555. The van der Waals surface area contributed by atoms with Crippen LogP contribution in [0.15, 0.2) is 23.3 Å². The summed E-state index contributed by atoms with van der Waals surface area (Å²) < 4.78 is 5.38. The van der Waals surface area contributed by atoms with Crippen molar-refractivity contribution in [2.24, 2.45) is 39.4 Å². The lowest BCUT2D eigenvalue weighted by atomic mass is 9.36. The Morgan fingerprint density at radius 1 is 1.11 bits per heavy atom. The van der Waals surface area contributed by atoms with E-state index in [-0.39, 0.29) is 33.5 Å². The minimum atomic E-state index is -0.815. The van der Waals surface area contributed by atoms with Gasteiger partial charge in [0.05, 0.1) is 12.2 Å². The fraction of sp³-hybridized carbons (Fsp3) is 0.812. The molecule has 9 atom stereocenters. The molecule has 0 aromatic rings. The fourth-order valence-electron chi connectivity index (χ4n) is 9.98. The molecule has 4 rings (SSSR count). The Balaban J connectivity index is 1.66. The van der Waals surface area contributed by atoms with Gasteiger partial charge in [-0.2, -0.15) is 0 Å². The minimum Gasteiger partial charge on any atom is -0.455 e. The molecule has 4 aliphatic carbocycles. The number of aliphatic hydroxyl groups excluding tert-OH is 2. The standard InChI is InChI=1S/C32H50O5/c1-18(2)27(37-20(4)33)23(34)16-19(3)21-10-14-31(8)22(21)17-24(35)28-30(7)13-12-26(36)29(5,6)25(30)11-15-32(28,31)9/h19,23-25,27-28,34-35H,1,10-17H2,2-9H3/t19-,23+,24+,25?,27+,28+,30+,31+,32+/m1/s1. The number of rotatable bonds is 6. The molecule has 0 saturated heterocycles. The summed E-state index contributed by atoms with van der Waals surface area (Å²) in [5, 5.41) is 22.9. The van der Waals surface area contributed by atoms with Crippen molar-refractivity contribution >= 4 is 11.8 Å². The lowest BCUT2D eigenvalue weighted by molar-refractivity contribution is -0.208. The van der Waals surface area contributed by atoms with Crippen LogP contribution in [-0.2, 0) is 14.3 Å². The summed E-state index contributed by atoms with van der Waals surface area (Å²) in [6.45, 7) is 20.7. The molecule has 0 amide bonds. The van der Waals surface area contributed by atoms with Gasteiger partial charge in [-0.15, -0.1) is 0 Å². The van der Waals surface area contributed by atoms with E-state index in [1.807, 2.05) is 0 Å². The molecular formula is C32H50O5. The molecule has 37 heavy (non-hydrogen) atoms. The Morgan fingerprint density at radius 3 is 2.35 bits per heavy atom. The van der Waals surface area contributed by atoms with Crippen LogP contribution in [0.1, 0.15) is 107 Å². The van der Waals surface area contributed by atoms with Gasteiger partial charge >= 0.3 is 5.97 Å². The number of hydrogen-bond donors (Lipinski definition) is 2. The second-order valence-corrected chi connectivity index (χ2v) is 14.3. The van der Waals surface area contributed by atoms with Gasteiger partial charge in [-0.05, 0) is 91.4 Å². The molecule has 1 unspecified atom stereocenters. The van der Waals surface area contributed by atoms with E-state index in [2.05, 4.69) is 48.1 Å². The van der Waals surface area contributed by atoms with Gasteiger partial charge in [-0.1, -0.05) is 59.3 Å². The minimum absolute atomic E-state index is 0.00530. The molecule has 3 saturated carbocycles. The quantitative estimate of drug-likeness (QED) is 0.327. The van der Waals surface area contributed by atoms with E-state index in [1.165, 1.54) is 18.1 Å². The van der Waals surface area contributed by atoms with Gasteiger partial charge in [0.2, 0.25) is 0 Å². The number of Topliss-reactive ketones (excluding diaryl/α,β-unsaturated/α-hetero) is 1. The van der Waals surface area contributed by atoms with E-state index in [9.17, 15) is 19.8 Å². The van der Waals surface area contributed by atoms with Crippen molar-refractivity contribution in [1.82, 2.24) is 0 Å². The van der Waals surface area contributed by atoms with Crippen molar-refractivity contribution in [2.75, 3.05) is 0 Å². The number of carbonyl (C=O) groups is 2. The second kappa shape index (κ2) is 9.33. The Morgan fingerprint density at radius 2 is 1.76 bits per heavy atom. The number of ether oxygens (including phenoxy) is 1. The summed E-state index contributed by atoms with van der Waals surface area (Å²) in [6, 6.07) is 0. The van der Waals surface area contributed by atoms with E-state index < -0.39 is 24.3 Å². The lowest BCUT2D eigenvalue weighted by Gasteiger charge is -2.69. The largest absolute Gasteiger partial charge is 0.455 e. The van der Waals surface area contributed by atoms with E-state index in [0.717, 1.165) is 32.1 Å². The van der Waals surface area contributed by atoms with Gasteiger partial charge in [-0.3, -0.25) is 9.59 Å². The molecule has 0 bridgehead atoms. The molecule has 0 spiro atoms. The number of carbonyl (C=O) groups excluding carboxylic acids is 2. The van der Waals surface area contributed by atoms with Gasteiger partial charge in [0.25, 0.3) is 0 Å². The topological polar surface area (TPSA) is 83.8 Å². The van der Waals surface area contributed by atoms with Crippen LogP contribution >= 0.6 is 0 Å². The van der Waals surface area contributed by atoms with Crippen LogP contribution < -0.4 is 0 Å². The van der Waals surface area contributed by atoms with Crippen molar-refractivity contribution < 1.29 is 24.5 Å². The lowest BCUT2D eigenvalue weighted by Crippen LogP contribution is -2.65. The molecule has 0 aliphatic heterocycles. The van der Waals surface area contributed by atoms with Crippen LogP contribution in [0, 0.1) is 39.4 Å². The summed E-state index contributed by atoms with van der Waals surface area (Å²) in [4.78, 5) is 24.5. The van der Waals surface area contributed by atoms with Crippen LogP contribution in [0.4, 0.5) is 0 Å². The van der Waals surface area contributed by atoms with Gasteiger partial charge in [0.1, 0.15) is 11.9 Å². The van der Waals surface area contributed by atoms with Gasteiger partial charge in [-0.25, -0.2) is 0 Å². The maximum atomic E-state index is 12.9. The van der Waals surface area contributed by atoms with Gasteiger partial charge < -0.3 is 14.9 Å². The molecule has 5 nitrogen and oxygen atoms in total. The molecule has 0 aromatic heterocycles. The van der Waals surface area contributed by atoms with Crippen LogP contribution in [0.5, 0.6) is 0 Å². The summed E-state index contributed by atoms with van der Waals surface area (Å²) in [6.07, 6.45) is 4.81. The Labute approximate surface area is 224 Å². The molecular weight excluding hydrogens is 464 g/mol. The zero-order chi connectivity index (χ0) is 27.7. The highest BCUT2D eigenvalue weighted by Gasteiger charge is 2.69. The van der Waals surface area contributed by atoms with E-state index >= 15 is 0 Å². The Bertz CT molecular complexity index is 1010. The maximum absolute atomic E-state index is 12.9. The van der Waals surface area contributed by atoms with Gasteiger partial charge in [0, 0.05) is 18.8 Å². The van der Waals surface area contributed by atoms with E-state index in [0.29, 0.717) is 36.5 Å². The van der Waals surface area contributed by atoms with Crippen molar-refractivity contribution in [3.63, 3.8) is 0 Å². The number of esters is 1. The van der Waals surface area contributed by atoms with Crippen molar-refractivity contribution in [2.45, 2.75) is 125 Å². The van der Waals surface area contributed by atoms with Crippen LogP contribution in [0.3, 0.4) is 0 Å². The van der Waals surface area contributed by atoms with Crippen LogP contribution in [0.2, 0.25) is 0 Å². The molecule has 4 aliphatic rings. The van der Waals surface area contributed by atoms with Gasteiger partial charge in [0.15, 0.2) is 0 Å². The smallest absolute Gasteiger partial charge is 0.303 e. The average molecular weight is 515 g/mol. The normalized spacial score (nSPS) is 41.2. The van der Waals surface area contributed by atoms with E-state index in [4.69, 9.17) is 4.74 Å². The van der Waals surface area contributed by atoms with Crippen LogP contribution in [-0.4, -0.2) is 40.3 Å². The fourth-order valence-corrected chi connectivity index (χ4v) is 9.98. The average Bonchev–Trinajstić information content (AvgIpc) is 3.12. The maximum Gasteiger partial charge on any atom is 0.303 e. The number of ketones is 1. The van der Waals surface area contributed by atoms with E-state index in [1.54, 1.807) is 6.92 Å². The third-order valence-electron chi connectivity index (χ3n) is 12.0. The molecule has 3 fully saturated rings. The first-order chi connectivity index (χ1) is 17.0. The first kappa shape index (κ1) is 28.5. The molecule has 5 heteroatoms. The van der Waals surface area contributed by atoms with Crippen molar-refractivity contribution in [3.8, 4) is 0 Å². The zero-order valence-corrected chi connectivity index (χ0v) is 24.4. The molecule has 2 N–H and O–H groups in total. The van der Waals surface area contributed by atoms with Crippen LogP contribution in [0.25, 0.3) is 0 Å². The number of hydrogen-bond acceptors (Lipinski definition) is 5. The predicted molar refractivity (Wildman–Crippen MR) is 146 cm³/mol. The molecule has 208 valence electrons. The third kappa shape index (κ3) is 4.18. The molecule has 0 aromatic carbocycles. The predicted octanol–water partition coefficient (Wildman–Crippen LogP) is 6.17. The first-order valence-electron chi connectivity index (χ1n) is 14.4. The SMILES string of the molecule is C=C(C)[C@H](OC(C)=O)[C@@H](O)C[C@@H](C)C1=C2C[C@H](O)[C@H]3[C@@]4(C)CCC(=O)C(C)(C)C4CC[C@]3(C)[C@@]2(C)CC1. The first-order valence-corrected chi connectivity index (χ1v) is 14.4. The number of fused-ring (bicyclic) bond motifs is 5. The Kier molecular flexibility index (Phi) is 7.20. The number of allylic oxidation sites excluding steroid dienone is 1. The van der Waals surface area contributed by atoms with Crippen molar-refractivity contribution in [1.29, 1.82) is 0 Å². The Hall–Kier alpha value is -1.46. The summed E-state index contributed by atoms with van der Waals surface area (Å²) in [5.41, 5.74) is 2.97. The van der Waals surface area contributed by atoms with Crippen molar-refractivity contribution in [3.05, 3.63) is 23.3 Å². The third-order valence-corrected chi connectivity index (χ3v) is 12.0. The zero-order valence-electron chi connectivity index (χ0n) is 24.4. The molecule has 0 heterocycles. The second-order valence-electron chi connectivity index (χ2n) is 14.3. The highest BCUT2D eigenvalue weighted by atomic mass is 16.6.